The van der Waals surface area contributed by atoms with Gasteiger partial charge in [-0.2, -0.15) is 0 Å². The van der Waals surface area contributed by atoms with Crippen molar-refractivity contribution in [2.45, 2.75) is 25.9 Å². The minimum atomic E-state index is -3.75. The predicted octanol–water partition coefficient (Wildman–Crippen LogP) is 2.48. The summed E-state index contributed by atoms with van der Waals surface area (Å²) in [6, 6.07) is 11.6. The van der Waals surface area contributed by atoms with E-state index in [1.807, 2.05) is 0 Å². The number of hydrogen-bond acceptors (Lipinski definition) is 18. The van der Waals surface area contributed by atoms with E-state index in [0.29, 0.717) is 11.5 Å². The topological polar surface area (TPSA) is 298 Å². The van der Waals surface area contributed by atoms with Crippen LogP contribution in [-0.4, -0.2) is 141 Å². The van der Waals surface area contributed by atoms with Crippen LogP contribution in [0.4, 0.5) is 11.4 Å². The molecule has 0 bridgehead atoms. The summed E-state index contributed by atoms with van der Waals surface area (Å²) in [5.41, 5.74) is -0.391. The number of methoxy groups -OCH3 is 2. The highest BCUT2D eigenvalue weighted by molar-refractivity contribution is 7.92. The number of nitrogens with zero attached hydrogens (tertiary/aromatic N) is 4. The van der Waals surface area contributed by atoms with E-state index in [-0.39, 0.29) is 70.0 Å². The number of hydrogen-bond donors (Lipinski definition) is 2. The molecule has 0 spiro atoms. The Morgan fingerprint density at radius 1 is 0.530 bits per heavy atom. The number of aromatic nitrogens is 2. The summed E-state index contributed by atoms with van der Waals surface area (Å²) in [4.78, 5) is 63.3. The summed E-state index contributed by atoms with van der Waals surface area (Å²) in [6.45, 7) is 3.94. The van der Waals surface area contributed by atoms with E-state index >= 15 is 0 Å². The van der Waals surface area contributed by atoms with E-state index in [0.717, 1.165) is 34.8 Å². The highest BCUT2D eigenvalue weighted by atomic mass is 32.2. The van der Waals surface area contributed by atoms with Crippen molar-refractivity contribution in [3.8, 4) is 23.3 Å². The molecule has 2 N–H and O–H groups in total. The van der Waals surface area contributed by atoms with Crippen molar-refractivity contribution < 1.29 is 71.8 Å². The van der Waals surface area contributed by atoms with Gasteiger partial charge in [0.15, 0.2) is 11.5 Å². The first-order valence-electron chi connectivity index (χ1n) is 19.4. The molecule has 2 aliphatic heterocycles. The number of sulfone groups is 2. The largest absolute Gasteiger partial charge is 0.491 e. The molecule has 2 atom stereocenters. The van der Waals surface area contributed by atoms with E-state index in [1.54, 1.807) is 13.8 Å². The summed E-state index contributed by atoms with van der Waals surface area (Å²) < 4.78 is 122. The monoisotopic (exact) mass is 994 g/mol. The summed E-state index contributed by atoms with van der Waals surface area (Å²) in [6.07, 6.45) is 3.77. The Labute approximate surface area is 381 Å². The Morgan fingerprint density at radius 2 is 0.879 bits per heavy atom. The van der Waals surface area contributed by atoms with Crippen molar-refractivity contribution in [3.63, 3.8) is 0 Å². The van der Waals surface area contributed by atoms with E-state index in [4.69, 9.17) is 18.9 Å². The lowest BCUT2D eigenvalue weighted by molar-refractivity contribution is 0.0578. The van der Waals surface area contributed by atoms with Crippen LogP contribution in [0, 0.1) is 0 Å². The summed E-state index contributed by atoms with van der Waals surface area (Å²) in [5, 5.41) is 0. The normalized spacial score (nSPS) is 14.7. The van der Waals surface area contributed by atoms with Gasteiger partial charge in [-0.3, -0.25) is 38.4 Å². The average molecular weight is 995 g/mol. The molecule has 26 heteroatoms. The number of carbonyl (C=O) groups excluding carboxylic acids is 4. The number of nitrogens with one attached hydrogen (secondary N) is 2. The Balaban J connectivity index is 0.000000247. The lowest BCUT2D eigenvalue weighted by atomic mass is 10.1. The number of anilines is 2. The Kier molecular flexibility index (Phi) is 15.0. The second-order valence-corrected chi connectivity index (χ2v) is 22.6. The van der Waals surface area contributed by atoms with Gasteiger partial charge < -0.3 is 18.9 Å². The van der Waals surface area contributed by atoms with Crippen molar-refractivity contribution in [2.75, 3.05) is 73.4 Å². The van der Waals surface area contributed by atoms with Crippen molar-refractivity contribution in [1.82, 2.24) is 19.8 Å². The predicted molar refractivity (Wildman–Crippen MR) is 240 cm³/mol. The highest BCUT2D eigenvalue weighted by Crippen LogP contribution is 2.39. The van der Waals surface area contributed by atoms with Crippen LogP contribution in [0.2, 0.25) is 0 Å². The Hall–Kier alpha value is -6.38. The van der Waals surface area contributed by atoms with Crippen molar-refractivity contribution in [1.29, 1.82) is 0 Å². The van der Waals surface area contributed by atoms with Gasteiger partial charge in [0.25, 0.3) is 35.4 Å². The minimum Gasteiger partial charge on any atom is -0.491 e. The van der Waals surface area contributed by atoms with Crippen LogP contribution < -0.4 is 28.4 Å². The van der Waals surface area contributed by atoms with Crippen molar-refractivity contribution in [3.05, 3.63) is 94.3 Å². The minimum absolute atomic E-state index is 0.0503. The molecule has 1 unspecified atom stereocenters. The smallest absolute Gasteiger partial charge is 0.264 e. The first-order valence-corrected chi connectivity index (χ1v) is 27.3. The molecule has 0 saturated heterocycles. The van der Waals surface area contributed by atoms with Gasteiger partial charge in [-0.1, -0.05) is 12.1 Å². The number of benzene rings is 2. The third-order valence-corrected chi connectivity index (χ3v) is 12.4. The number of rotatable bonds is 18. The lowest BCUT2D eigenvalue weighted by Gasteiger charge is -2.26. The maximum absolute atomic E-state index is 13.3. The van der Waals surface area contributed by atoms with E-state index < -0.39 is 86.9 Å². The number of sulfonamides is 2. The Morgan fingerprint density at radius 3 is 1.17 bits per heavy atom. The SMILES string of the molecule is CCOc1nc(C(CS(C)(=O)=O)N2C(=O)c3cccc(NS(C)(=O)=O)c3C2=O)ccc1OC.CCOc1nc([C@@H](CS(C)(=O)=O)N2C(=O)c3cccc(NS(C)(=O)=O)c3C2=O)ccc1OC. The fraction of sp³-hybridized carbons (Fsp3) is 0.350. The van der Waals surface area contributed by atoms with Crippen LogP contribution in [0.25, 0.3) is 0 Å². The fourth-order valence-electron chi connectivity index (χ4n) is 6.95. The van der Waals surface area contributed by atoms with Crippen LogP contribution in [0.3, 0.4) is 0 Å². The number of pyridine rings is 2. The molecule has 4 aromatic rings. The fourth-order valence-corrected chi connectivity index (χ4v) is 9.87. The lowest BCUT2D eigenvalue weighted by Crippen LogP contribution is -2.38. The zero-order valence-corrected chi connectivity index (χ0v) is 40.0. The zero-order valence-electron chi connectivity index (χ0n) is 36.7. The highest BCUT2D eigenvalue weighted by Gasteiger charge is 2.46. The number of carbonyl (C=O) groups is 4. The number of fused-ring (bicyclic) bond motifs is 2. The van der Waals surface area contributed by atoms with Gasteiger partial charge in [0.05, 0.1) is 109 Å². The first-order chi connectivity index (χ1) is 30.7. The van der Waals surface area contributed by atoms with Gasteiger partial charge in [-0.15, -0.1) is 0 Å². The molecule has 0 fully saturated rings. The van der Waals surface area contributed by atoms with E-state index in [9.17, 15) is 52.8 Å². The van der Waals surface area contributed by atoms with Crippen LogP contribution >= 0.6 is 0 Å². The van der Waals surface area contributed by atoms with Gasteiger partial charge >= 0.3 is 0 Å². The van der Waals surface area contributed by atoms with Crippen LogP contribution in [0.1, 0.15) is 78.8 Å². The summed E-state index contributed by atoms with van der Waals surface area (Å²) >= 11 is 0. The number of amides is 4. The van der Waals surface area contributed by atoms with Crippen molar-refractivity contribution in [2.24, 2.45) is 0 Å². The van der Waals surface area contributed by atoms with Gasteiger partial charge in [0, 0.05) is 12.5 Å². The molecule has 2 aromatic carbocycles. The Bertz CT molecular complexity index is 2850. The average Bonchev–Trinajstić information content (AvgIpc) is 3.62. The third kappa shape index (κ3) is 11.7. The number of imide groups is 2. The van der Waals surface area contributed by atoms with E-state index in [1.165, 1.54) is 74.9 Å². The molecule has 0 saturated carbocycles. The van der Waals surface area contributed by atoms with Crippen LogP contribution in [0.5, 0.6) is 23.3 Å². The van der Waals surface area contributed by atoms with Gasteiger partial charge in [0.2, 0.25) is 20.0 Å². The molecule has 0 radical (unpaired) electrons. The quantitative estimate of drug-likeness (QED) is 0.135. The maximum atomic E-state index is 13.3. The molecule has 2 aromatic heterocycles. The van der Waals surface area contributed by atoms with Crippen molar-refractivity contribution >= 4 is 74.7 Å². The molecule has 356 valence electrons. The van der Waals surface area contributed by atoms with Gasteiger partial charge in [-0.25, -0.2) is 43.6 Å². The van der Waals surface area contributed by atoms with Gasteiger partial charge in [-0.05, 0) is 62.4 Å². The van der Waals surface area contributed by atoms with Crippen LogP contribution in [-0.2, 0) is 39.7 Å². The van der Waals surface area contributed by atoms with Crippen LogP contribution in [0.15, 0.2) is 60.7 Å². The molecule has 0 aliphatic carbocycles. The second-order valence-electron chi connectivity index (χ2n) is 14.7. The molecular weight excluding hydrogens is 949 g/mol. The molecule has 2 aliphatic rings. The summed E-state index contributed by atoms with van der Waals surface area (Å²) in [5.74, 6) is -3.68. The number of ether oxygens (including phenoxy) is 4. The molecule has 4 heterocycles. The second kappa shape index (κ2) is 19.6. The molecule has 4 amide bonds. The molecule has 6 rings (SSSR count). The van der Waals surface area contributed by atoms with E-state index in [2.05, 4.69) is 19.4 Å². The summed E-state index contributed by atoms with van der Waals surface area (Å²) in [7, 11) is -12.1. The maximum Gasteiger partial charge on any atom is 0.264 e. The zero-order chi connectivity index (χ0) is 49.1. The molecule has 66 heavy (non-hydrogen) atoms. The standard InChI is InChI=1S/2C20H23N3O8S2/c2*1-5-31-18-16(30-2)10-9-13(21-18)15(11-32(3,26)27)23-19(24)12-7-6-8-14(17(12)20(23)25)22-33(4,28)29/h2*6-10,15,22H,5,11H2,1-4H3/t15-;/m1./s1. The molecular formula is C40H46N6O16S4. The first kappa shape index (κ1) is 50.6. The van der Waals surface area contributed by atoms with Gasteiger partial charge in [0.1, 0.15) is 19.7 Å². The molecule has 22 nitrogen and oxygen atoms in total. The third-order valence-electron chi connectivity index (χ3n) is 9.41.